The van der Waals surface area contributed by atoms with Gasteiger partial charge in [0.2, 0.25) is 0 Å². The van der Waals surface area contributed by atoms with Gasteiger partial charge in [0.15, 0.2) is 6.47 Å². The minimum atomic E-state index is -1.12. The fourth-order valence-electron chi connectivity index (χ4n) is 0.908. The van der Waals surface area contributed by atoms with Crippen molar-refractivity contribution in [2.45, 2.75) is 32.2 Å². The van der Waals surface area contributed by atoms with Crippen molar-refractivity contribution in [3.63, 3.8) is 0 Å². The van der Waals surface area contributed by atoms with Crippen LogP contribution in [0.15, 0.2) is 0 Å². The van der Waals surface area contributed by atoms with Gasteiger partial charge in [0, 0.05) is 0 Å². The largest absolute Gasteiger partial charge is 0.480 e. The lowest BCUT2D eigenvalue weighted by molar-refractivity contribution is -0.138. The molecule has 0 saturated heterocycles. The summed E-state index contributed by atoms with van der Waals surface area (Å²) in [7, 11) is 0. The molecule has 94 valence electrons. The molecule has 0 unspecified atom stereocenters. The van der Waals surface area contributed by atoms with E-state index in [2.05, 4.69) is 63.7 Å². The summed E-state index contributed by atoms with van der Waals surface area (Å²) >= 11 is 12.1. The van der Waals surface area contributed by atoms with E-state index in [0.717, 1.165) is 0 Å². The number of aliphatic carboxylic acids is 2. The van der Waals surface area contributed by atoms with Crippen LogP contribution in [0.25, 0.3) is 0 Å². The molecule has 0 aromatic rings. The van der Waals surface area contributed by atoms with Crippen LogP contribution in [0.5, 0.6) is 0 Å². The van der Waals surface area contributed by atoms with Gasteiger partial charge in [-0.05, 0) is 12.8 Å². The number of alkyl halides is 4. The summed E-state index contributed by atoms with van der Waals surface area (Å²) in [5, 5.41) is 17.6. The molecule has 2 N–H and O–H groups in total. The van der Waals surface area contributed by atoms with Crippen molar-refractivity contribution in [3.05, 3.63) is 0 Å². The summed E-state index contributed by atoms with van der Waals surface area (Å²) in [6.45, 7) is 0. The van der Waals surface area contributed by atoms with E-state index in [0.29, 0.717) is 25.7 Å². The first-order chi connectivity index (χ1) is 7.09. The van der Waals surface area contributed by atoms with Crippen molar-refractivity contribution in [3.8, 4) is 0 Å². The van der Waals surface area contributed by atoms with Crippen LogP contribution in [-0.4, -0.2) is 28.6 Å². The normalized spacial score (nSPS) is 12.5. The molecule has 0 aliphatic heterocycles. The topological polar surface area (TPSA) is 74.6 Å². The van der Waals surface area contributed by atoms with Crippen LogP contribution < -0.4 is 0 Å². The van der Waals surface area contributed by atoms with Gasteiger partial charge in [-0.15, -0.1) is 0 Å². The van der Waals surface area contributed by atoms with Crippen molar-refractivity contribution in [1.29, 1.82) is 0 Å². The third-order valence-electron chi connectivity index (χ3n) is 1.86. The van der Waals surface area contributed by atoms with Gasteiger partial charge in [-0.3, -0.25) is 0 Å². The van der Waals surface area contributed by atoms with Crippen LogP contribution in [0.3, 0.4) is 0 Å². The first-order valence-electron chi connectivity index (χ1n) is 4.32. The summed E-state index contributed by atoms with van der Waals surface area (Å²) in [5.74, 6) is -1.98. The van der Waals surface area contributed by atoms with E-state index in [1.807, 2.05) is 0 Å². The lowest BCUT2D eigenvalue weighted by Gasteiger charge is -2.17. The summed E-state index contributed by atoms with van der Waals surface area (Å²) < 4.78 is -2.24. The van der Waals surface area contributed by atoms with Gasteiger partial charge in [0.1, 0.15) is 0 Å². The quantitative estimate of drug-likeness (QED) is 0.423. The van der Waals surface area contributed by atoms with Gasteiger partial charge in [-0.2, -0.15) is 0 Å². The molecule has 0 radical (unpaired) electrons. The smallest absolute Gasteiger partial charge is 0.331 e. The first kappa shape index (κ1) is 16.9. The van der Waals surface area contributed by atoms with Gasteiger partial charge < -0.3 is 10.2 Å². The van der Waals surface area contributed by atoms with Crippen LogP contribution in [0.2, 0.25) is 0 Å². The zero-order chi connectivity index (χ0) is 13.0. The van der Waals surface area contributed by atoms with Crippen LogP contribution >= 0.6 is 63.7 Å². The van der Waals surface area contributed by atoms with Crippen LogP contribution in [0.4, 0.5) is 0 Å². The molecule has 0 aromatic carbocycles. The molecular formula is C8H10Br4O4. The molecule has 0 aliphatic carbocycles. The van der Waals surface area contributed by atoms with Crippen molar-refractivity contribution in [1.82, 2.24) is 0 Å². The van der Waals surface area contributed by atoms with Crippen LogP contribution in [-0.2, 0) is 9.59 Å². The molecule has 0 saturated carbocycles. The highest BCUT2D eigenvalue weighted by molar-refractivity contribution is 9.26. The Labute approximate surface area is 127 Å². The van der Waals surface area contributed by atoms with Crippen LogP contribution in [0.1, 0.15) is 25.7 Å². The summed E-state index contributed by atoms with van der Waals surface area (Å²) in [6, 6.07) is 0. The molecule has 0 aliphatic rings. The average Bonchev–Trinajstić information content (AvgIpc) is 2.12. The number of carboxylic acid groups (broad SMARTS) is 2. The monoisotopic (exact) mass is 486 g/mol. The predicted molar refractivity (Wildman–Crippen MR) is 74.9 cm³/mol. The number of halogens is 4. The SMILES string of the molecule is O=C(O)C(Br)(Br)CCCCC(Br)(Br)C(=O)O. The number of carboxylic acids is 2. The van der Waals surface area contributed by atoms with Gasteiger partial charge in [0.05, 0.1) is 0 Å². The maximum atomic E-state index is 10.7. The van der Waals surface area contributed by atoms with E-state index in [1.165, 1.54) is 0 Å². The number of hydrogen-bond acceptors (Lipinski definition) is 2. The van der Waals surface area contributed by atoms with E-state index >= 15 is 0 Å². The molecule has 0 heterocycles. The second kappa shape index (κ2) is 6.70. The Hall–Kier alpha value is 0.860. The molecule has 0 rings (SSSR count). The van der Waals surface area contributed by atoms with Crippen molar-refractivity contribution in [2.75, 3.05) is 0 Å². The third kappa shape index (κ3) is 5.97. The maximum absolute atomic E-state index is 10.7. The van der Waals surface area contributed by atoms with Gasteiger partial charge in [-0.25, -0.2) is 9.59 Å². The molecule has 16 heavy (non-hydrogen) atoms. The van der Waals surface area contributed by atoms with Gasteiger partial charge >= 0.3 is 11.9 Å². The highest BCUT2D eigenvalue weighted by Gasteiger charge is 2.34. The Bertz CT molecular complexity index is 249. The highest BCUT2D eigenvalue weighted by Crippen LogP contribution is 2.36. The number of hydrogen-bond donors (Lipinski definition) is 2. The first-order valence-corrected chi connectivity index (χ1v) is 7.49. The van der Waals surface area contributed by atoms with Crippen molar-refractivity contribution in [2.24, 2.45) is 0 Å². The number of unbranched alkanes of at least 4 members (excludes halogenated alkanes) is 1. The zero-order valence-corrected chi connectivity index (χ0v) is 14.4. The Morgan fingerprint density at radius 1 is 0.812 bits per heavy atom. The fourth-order valence-corrected chi connectivity index (χ4v) is 2.03. The Morgan fingerprint density at radius 2 is 1.06 bits per heavy atom. The Kier molecular flexibility index (Phi) is 7.06. The predicted octanol–water partition coefficient (Wildman–Crippen LogP) is 3.69. The average molecular weight is 490 g/mol. The van der Waals surface area contributed by atoms with E-state index in [-0.39, 0.29) is 0 Å². The summed E-state index contributed by atoms with van der Waals surface area (Å²) in [6.07, 6.45) is 1.93. The molecule has 8 heteroatoms. The molecule has 0 atom stereocenters. The van der Waals surface area contributed by atoms with Crippen molar-refractivity contribution < 1.29 is 19.8 Å². The van der Waals surface area contributed by atoms with E-state index < -0.39 is 18.4 Å². The molecule has 4 nitrogen and oxygen atoms in total. The molecule has 0 bridgehead atoms. The Balaban J connectivity index is 3.94. The minimum Gasteiger partial charge on any atom is -0.480 e. The van der Waals surface area contributed by atoms with Crippen LogP contribution in [0, 0.1) is 0 Å². The molecule has 0 fully saturated rings. The molecule has 0 amide bonds. The lowest BCUT2D eigenvalue weighted by Crippen LogP contribution is -2.25. The zero-order valence-electron chi connectivity index (χ0n) is 8.05. The summed E-state index contributed by atoms with van der Waals surface area (Å²) in [5.41, 5.74) is 0. The number of rotatable bonds is 7. The van der Waals surface area contributed by atoms with Gasteiger partial charge in [-0.1, -0.05) is 76.6 Å². The van der Waals surface area contributed by atoms with Gasteiger partial charge in [0.25, 0.3) is 0 Å². The lowest BCUT2D eigenvalue weighted by atomic mass is 10.1. The van der Waals surface area contributed by atoms with E-state index in [9.17, 15) is 9.59 Å². The maximum Gasteiger partial charge on any atom is 0.331 e. The molecular weight excluding hydrogens is 480 g/mol. The van der Waals surface area contributed by atoms with E-state index in [1.54, 1.807) is 0 Å². The summed E-state index contributed by atoms with van der Waals surface area (Å²) in [4.78, 5) is 21.4. The van der Waals surface area contributed by atoms with E-state index in [4.69, 9.17) is 10.2 Å². The molecule has 0 spiro atoms. The fraction of sp³-hybridized carbons (Fsp3) is 0.750. The standard InChI is InChI=1S/C8H10Br4O4/c9-7(10,5(13)14)3-1-2-4-8(11,12)6(15)16/h1-4H2,(H,13,14)(H,15,16). The second-order valence-electron chi connectivity index (χ2n) is 3.23. The highest BCUT2D eigenvalue weighted by atomic mass is 79.9. The minimum absolute atomic E-state index is 0.373. The molecule has 0 aromatic heterocycles. The second-order valence-corrected chi connectivity index (χ2v) is 10.8. The van der Waals surface area contributed by atoms with Crippen molar-refractivity contribution >= 4 is 75.7 Å². The Morgan fingerprint density at radius 3 is 1.25 bits per heavy atom. The third-order valence-corrected chi connectivity index (χ3v) is 4.80. The number of carbonyl (C=O) groups is 2.